The number of hydrogen-bond donors (Lipinski definition) is 3. The molecule has 1 unspecified atom stereocenters. The zero-order valence-electron chi connectivity index (χ0n) is 11.2. The predicted molar refractivity (Wildman–Crippen MR) is 73.2 cm³/mol. The van der Waals surface area contributed by atoms with E-state index in [2.05, 4.69) is 10.0 Å². The lowest BCUT2D eigenvalue weighted by molar-refractivity contribution is -0.142. The Bertz CT molecular complexity index is 462. The minimum Gasteiger partial charge on any atom is -0.379 e. The van der Waals surface area contributed by atoms with Crippen LogP contribution < -0.4 is 11.0 Å². The third-order valence-corrected chi connectivity index (χ3v) is 2.83. The summed E-state index contributed by atoms with van der Waals surface area (Å²) in [7, 11) is -4.33. The average molecular weight is 302 g/mol. The molecule has 1 aromatic carbocycles. The van der Waals surface area contributed by atoms with Gasteiger partial charge in [0, 0.05) is 0 Å². The molecule has 0 saturated carbocycles. The molecule has 0 radical (unpaired) electrons. The number of hydrogen-bond acceptors (Lipinski definition) is 5. The first kappa shape index (κ1) is 16.8. The van der Waals surface area contributed by atoms with E-state index >= 15 is 0 Å². The number of hydroxylamine groups is 1. The summed E-state index contributed by atoms with van der Waals surface area (Å²) in [6.45, 7) is 2.12. The molecule has 0 amide bonds. The lowest BCUT2D eigenvalue weighted by atomic mass is 10.2. The Morgan fingerprint density at radius 2 is 2.10 bits per heavy atom. The summed E-state index contributed by atoms with van der Waals surface area (Å²) < 4.78 is 15.1. The van der Waals surface area contributed by atoms with E-state index in [-0.39, 0.29) is 6.61 Å². The third-order valence-electron chi connectivity index (χ3n) is 2.39. The fourth-order valence-electron chi connectivity index (χ4n) is 1.51. The number of carbonyl (C=O) groups excluding carboxylic acids is 1. The molecular weight excluding hydrogens is 283 g/mol. The van der Waals surface area contributed by atoms with Crippen LogP contribution in [-0.2, 0) is 25.3 Å². The quantitative estimate of drug-likeness (QED) is 0.492. The van der Waals surface area contributed by atoms with E-state index in [1.807, 2.05) is 37.3 Å². The van der Waals surface area contributed by atoms with E-state index < -0.39 is 19.8 Å². The first-order valence-electron chi connectivity index (χ1n) is 6.18. The molecular formula is C12H19N2O5P. The number of carbonyl (C=O) groups is 1. The maximum absolute atomic E-state index is 11.6. The zero-order valence-corrected chi connectivity index (χ0v) is 12.1. The Balaban J connectivity index is 2.46. The molecule has 0 aliphatic carbocycles. The van der Waals surface area contributed by atoms with E-state index in [9.17, 15) is 9.36 Å². The van der Waals surface area contributed by atoms with Gasteiger partial charge in [-0.25, -0.2) is 14.9 Å². The molecule has 1 aromatic rings. The minimum atomic E-state index is -4.33. The van der Waals surface area contributed by atoms with Crippen molar-refractivity contribution >= 4 is 13.7 Å². The molecule has 8 heteroatoms. The highest BCUT2D eigenvalue weighted by molar-refractivity contribution is 7.50. The van der Waals surface area contributed by atoms with Crippen LogP contribution in [0.1, 0.15) is 25.3 Å². The summed E-state index contributed by atoms with van der Waals surface area (Å²) in [5.74, 6) is -0.909. The Kier molecular flexibility index (Phi) is 6.84. The van der Waals surface area contributed by atoms with Gasteiger partial charge in [-0.15, -0.1) is 0 Å². The largest absolute Gasteiger partial charge is 0.455 e. The summed E-state index contributed by atoms with van der Waals surface area (Å²) in [6, 6.07) is 8.52. The Labute approximate surface area is 117 Å². The van der Waals surface area contributed by atoms with Crippen LogP contribution in [-0.4, -0.2) is 16.9 Å². The molecule has 0 aliphatic heterocycles. The normalized spacial score (nSPS) is 15.3. The van der Waals surface area contributed by atoms with Crippen molar-refractivity contribution in [1.82, 2.24) is 5.48 Å². The fourth-order valence-corrected chi connectivity index (χ4v) is 1.89. The Morgan fingerprint density at radius 3 is 2.65 bits per heavy atom. The van der Waals surface area contributed by atoms with Crippen LogP contribution in [0.2, 0.25) is 0 Å². The Morgan fingerprint density at radius 1 is 1.45 bits per heavy atom. The van der Waals surface area contributed by atoms with Crippen LogP contribution in [0, 0.1) is 0 Å². The monoisotopic (exact) mass is 302 g/mol. The lowest BCUT2D eigenvalue weighted by Crippen LogP contribution is -2.37. The highest BCUT2D eigenvalue weighted by Crippen LogP contribution is 2.31. The summed E-state index contributed by atoms with van der Waals surface area (Å²) in [5, 5.41) is 0. The summed E-state index contributed by atoms with van der Waals surface area (Å²) in [5.41, 5.74) is 8.24. The van der Waals surface area contributed by atoms with Crippen molar-refractivity contribution in [2.45, 2.75) is 32.4 Å². The van der Waals surface area contributed by atoms with Crippen molar-refractivity contribution in [3.8, 4) is 0 Å². The van der Waals surface area contributed by atoms with Gasteiger partial charge in [-0.2, -0.15) is 5.48 Å². The molecule has 2 atom stereocenters. The van der Waals surface area contributed by atoms with Gasteiger partial charge in [-0.3, -0.25) is 4.84 Å². The van der Waals surface area contributed by atoms with Crippen LogP contribution in [0.15, 0.2) is 30.3 Å². The maximum Gasteiger partial charge on any atom is 0.455 e. The molecule has 7 nitrogen and oxygen atoms in total. The first-order chi connectivity index (χ1) is 9.42. The standard InChI is InChI=1S/C12H19N2O5P/c1-2-6-11(12(15)19-20(13,16)17)14-18-9-10-7-4-3-5-8-10/h3-5,7-8,11,14H,2,6,9H2,1H3,(H3,13,16,17)/t11-/m0/s1. The van der Waals surface area contributed by atoms with Crippen molar-refractivity contribution in [2.75, 3.05) is 0 Å². The van der Waals surface area contributed by atoms with E-state index in [1.165, 1.54) is 0 Å². The van der Waals surface area contributed by atoms with Gasteiger partial charge < -0.3 is 9.42 Å². The van der Waals surface area contributed by atoms with Crippen LogP contribution in [0.4, 0.5) is 0 Å². The van der Waals surface area contributed by atoms with Crippen LogP contribution >= 0.6 is 7.75 Å². The maximum atomic E-state index is 11.6. The highest BCUT2D eigenvalue weighted by atomic mass is 31.2. The van der Waals surface area contributed by atoms with Crippen molar-refractivity contribution in [2.24, 2.45) is 5.50 Å². The van der Waals surface area contributed by atoms with Crippen molar-refractivity contribution < 1.29 is 23.6 Å². The van der Waals surface area contributed by atoms with Gasteiger partial charge in [0.25, 0.3) is 0 Å². The van der Waals surface area contributed by atoms with E-state index in [4.69, 9.17) is 15.2 Å². The second-order valence-electron chi connectivity index (χ2n) is 4.21. The molecule has 0 bridgehead atoms. The number of rotatable bonds is 8. The molecule has 20 heavy (non-hydrogen) atoms. The van der Waals surface area contributed by atoms with Crippen LogP contribution in [0.5, 0.6) is 0 Å². The van der Waals surface area contributed by atoms with Gasteiger partial charge in [0.2, 0.25) is 0 Å². The summed E-state index contributed by atoms with van der Waals surface area (Å²) in [4.78, 5) is 25.7. The smallest absolute Gasteiger partial charge is 0.379 e. The molecule has 1 rings (SSSR count). The first-order valence-corrected chi connectivity index (χ1v) is 7.83. The van der Waals surface area contributed by atoms with Gasteiger partial charge in [-0.1, -0.05) is 43.7 Å². The number of nitrogens with one attached hydrogen (secondary N) is 1. The second-order valence-corrected chi connectivity index (χ2v) is 5.52. The molecule has 0 spiro atoms. The van der Waals surface area contributed by atoms with Gasteiger partial charge in [-0.05, 0) is 12.0 Å². The van der Waals surface area contributed by atoms with Crippen LogP contribution in [0.3, 0.4) is 0 Å². The minimum absolute atomic E-state index is 0.258. The molecule has 0 saturated heterocycles. The third kappa shape index (κ3) is 6.79. The van der Waals surface area contributed by atoms with Crippen molar-refractivity contribution in [3.63, 3.8) is 0 Å². The molecule has 4 N–H and O–H groups in total. The molecule has 0 heterocycles. The zero-order chi connectivity index (χ0) is 15.0. The number of nitrogens with two attached hydrogens (primary N) is 1. The van der Waals surface area contributed by atoms with Crippen LogP contribution in [0.25, 0.3) is 0 Å². The van der Waals surface area contributed by atoms with E-state index in [0.717, 1.165) is 5.56 Å². The second kappa shape index (κ2) is 8.14. The highest BCUT2D eigenvalue weighted by Gasteiger charge is 2.26. The fraction of sp³-hybridized carbons (Fsp3) is 0.417. The topological polar surface area (TPSA) is 111 Å². The SMILES string of the molecule is CCC[C@H](NOCc1ccccc1)C(=O)OP(N)(=O)O. The van der Waals surface area contributed by atoms with Gasteiger partial charge in [0.15, 0.2) is 0 Å². The summed E-state index contributed by atoms with van der Waals surface area (Å²) in [6.07, 6.45) is 1.06. The van der Waals surface area contributed by atoms with E-state index in [0.29, 0.717) is 12.8 Å². The molecule has 0 aromatic heterocycles. The average Bonchev–Trinajstić information content (AvgIpc) is 2.37. The van der Waals surface area contributed by atoms with Gasteiger partial charge in [0.1, 0.15) is 6.04 Å². The molecule has 0 aliphatic rings. The van der Waals surface area contributed by atoms with Gasteiger partial charge >= 0.3 is 13.7 Å². The Hall–Kier alpha value is -1.24. The summed E-state index contributed by atoms with van der Waals surface area (Å²) >= 11 is 0. The lowest BCUT2D eigenvalue weighted by Gasteiger charge is -2.17. The molecule has 0 fully saturated rings. The van der Waals surface area contributed by atoms with E-state index in [1.54, 1.807) is 0 Å². The van der Waals surface area contributed by atoms with Crippen molar-refractivity contribution in [3.05, 3.63) is 35.9 Å². The number of benzene rings is 1. The molecule has 112 valence electrons. The van der Waals surface area contributed by atoms with Crippen molar-refractivity contribution in [1.29, 1.82) is 0 Å². The van der Waals surface area contributed by atoms with Gasteiger partial charge in [0.05, 0.1) is 6.61 Å². The predicted octanol–water partition coefficient (Wildman–Crippen LogP) is 1.48.